The minimum Gasteiger partial charge on any atom is -0.434 e. The van der Waals surface area contributed by atoms with Crippen LogP contribution in [-0.4, -0.2) is 55.8 Å². The normalized spacial score (nSPS) is 18.6. The zero-order valence-corrected chi connectivity index (χ0v) is 15.5. The lowest BCUT2D eigenvalue weighted by atomic mass is 10.1. The third-order valence-corrected chi connectivity index (χ3v) is 4.81. The summed E-state index contributed by atoms with van der Waals surface area (Å²) < 4.78 is 19.8. The van der Waals surface area contributed by atoms with Crippen LogP contribution >= 0.6 is 0 Å². The molecule has 0 unspecified atom stereocenters. The first-order chi connectivity index (χ1) is 14.0. The topological polar surface area (TPSA) is 104 Å². The second kappa shape index (κ2) is 7.38. The van der Waals surface area contributed by atoms with Gasteiger partial charge in [0.25, 0.3) is 5.91 Å². The van der Waals surface area contributed by atoms with Crippen LogP contribution in [0.3, 0.4) is 0 Å². The molecule has 0 saturated carbocycles. The molecule has 2 aromatic rings. The van der Waals surface area contributed by atoms with Gasteiger partial charge in [-0.2, -0.15) is 0 Å². The number of anilines is 2. The average Bonchev–Trinajstić information content (AvgIpc) is 3.33. The number of carbonyl (C=O) groups is 3. The number of benzene rings is 1. The van der Waals surface area contributed by atoms with Gasteiger partial charge in [-0.15, -0.1) is 0 Å². The van der Waals surface area contributed by atoms with Crippen molar-refractivity contribution >= 4 is 29.5 Å². The SMILES string of the molecule is CNC(=O)[C@H]1CN(c2ccc(-c3ccc(N4CCNC4=O)nc3)c(F)c2)C(=O)O1. The molecule has 1 atom stereocenters. The van der Waals surface area contributed by atoms with E-state index in [2.05, 4.69) is 15.6 Å². The van der Waals surface area contributed by atoms with Crippen LogP contribution in [0.4, 0.5) is 25.5 Å². The number of likely N-dealkylation sites (N-methyl/N-ethyl adjacent to an activating group) is 1. The summed E-state index contributed by atoms with van der Waals surface area (Å²) >= 11 is 0. The Morgan fingerprint density at radius 1 is 1.28 bits per heavy atom. The number of carbonyl (C=O) groups excluding carboxylic acids is 3. The molecule has 0 spiro atoms. The van der Waals surface area contributed by atoms with Gasteiger partial charge in [0, 0.05) is 37.5 Å². The Kier molecular flexibility index (Phi) is 4.75. The molecule has 1 aromatic carbocycles. The largest absolute Gasteiger partial charge is 0.434 e. The second-order valence-corrected chi connectivity index (χ2v) is 6.55. The van der Waals surface area contributed by atoms with Gasteiger partial charge in [-0.25, -0.2) is 19.0 Å². The zero-order valence-electron chi connectivity index (χ0n) is 15.5. The Morgan fingerprint density at radius 2 is 2.10 bits per heavy atom. The van der Waals surface area contributed by atoms with Gasteiger partial charge in [0.05, 0.1) is 12.2 Å². The average molecular weight is 399 g/mol. The first-order valence-electron chi connectivity index (χ1n) is 8.99. The van der Waals surface area contributed by atoms with E-state index in [1.165, 1.54) is 35.2 Å². The lowest BCUT2D eigenvalue weighted by Gasteiger charge is -2.15. The first-order valence-corrected chi connectivity index (χ1v) is 8.99. The lowest BCUT2D eigenvalue weighted by molar-refractivity contribution is -0.127. The molecule has 4 amide bonds. The van der Waals surface area contributed by atoms with Crippen molar-refractivity contribution in [3.05, 3.63) is 42.3 Å². The quantitative estimate of drug-likeness (QED) is 0.811. The molecule has 2 aliphatic heterocycles. The molecule has 2 aliphatic rings. The van der Waals surface area contributed by atoms with Crippen LogP contribution in [0.5, 0.6) is 0 Å². The summed E-state index contributed by atoms with van der Waals surface area (Å²) in [6, 6.07) is 7.44. The number of hydrogen-bond acceptors (Lipinski definition) is 5. The van der Waals surface area contributed by atoms with Crippen LogP contribution in [-0.2, 0) is 9.53 Å². The van der Waals surface area contributed by atoms with Crippen LogP contribution in [0.1, 0.15) is 0 Å². The zero-order chi connectivity index (χ0) is 20.5. The number of pyridine rings is 1. The third-order valence-electron chi connectivity index (χ3n) is 4.81. The van der Waals surface area contributed by atoms with Crippen molar-refractivity contribution in [2.45, 2.75) is 6.10 Å². The number of cyclic esters (lactones) is 1. The Balaban J connectivity index is 1.54. The van der Waals surface area contributed by atoms with Crippen molar-refractivity contribution in [1.29, 1.82) is 0 Å². The highest BCUT2D eigenvalue weighted by Gasteiger charge is 2.36. The molecule has 0 aliphatic carbocycles. The van der Waals surface area contributed by atoms with E-state index in [4.69, 9.17) is 4.74 Å². The van der Waals surface area contributed by atoms with Crippen LogP contribution in [0.2, 0.25) is 0 Å². The fourth-order valence-electron chi connectivity index (χ4n) is 3.27. The Bertz CT molecular complexity index is 981. The first kappa shape index (κ1) is 18.7. The Hall–Kier alpha value is -3.69. The predicted octanol–water partition coefficient (Wildman–Crippen LogP) is 1.49. The highest BCUT2D eigenvalue weighted by Crippen LogP contribution is 2.29. The molecule has 10 heteroatoms. The van der Waals surface area contributed by atoms with E-state index in [0.717, 1.165) is 0 Å². The van der Waals surface area contributed by atoms with Gasteiger partial charge in [0.15, 0.2) is 6.10 Å². The summed E-state index contributed by atoms with van der Waals surface area (Å²) in [7, 11) is 1.45. The minimum absolute atomic E-state index is 0.00540. The van der Waals surface area contributed by atoms with E-state index in [1.54, 1.807) is 18.2 Å². The maximum absolute atomic E-state index is 14.7. The number of rotatable bonds is 4. The highest BCUT2D eigenvalue weighted by atomic mass is 19.1. The van der Waals surface area contributed by atoms with Gasteiger partial charge in [0.1, 0.15) is 11.6 Å². The number of hydrogen-bond donors (Lipinski definition) is 2. The summed E-state index contributed by atoms with van der Waals surface area (Å²) in [5.74, 6) is -0.483. The van der Waals surface area contributed by atoms with E-state index in [1.807, 2.05) is 0 Å². The number of ether oxygens (including phenoxy) is 1. The smallest absolute Gasteiger partial charge is 0.415 e. The lowest BCUT2D eigenvalue weighted by Crippen LogP contribution is -2.35. The molecule has 3 heterocycles. The summed E-state index contributed by atoms with van der Waals surface area (Å²) in [6.45, 7) is 1.08. The van der Waals surface area contributed by atoms with Crippen LogP contribution in [0.15, 0.2) is 36.5 Å². The fourth-order valence-corrected chi connectivity index (χ4v) is 3.27. The van der Waals surface area contributed by atoms with E-state index < -0.39 is 23.9 Å². The van der Waals surface area contributed by atoms with Crippen molar-refractivity contribution in [2.24, 2.45) is 0 Å². The number of aromatic nitrogens is 1. The van der Waals surface area contributed by atoms with Crippen molar-refractivity contribution in [3.63, 3.8) is 0 Å². The second-order valence-electron chi connectivity index (χ2n) is 6.55. The molecule has 4 rings (SSSR count). The van der Waals surface area contributed by atoms with Crippen molar-refractivity contribution in [2.75, 3.05) is 36.5 Å². The molecule has 2 N–H and O–H groups in total. The molecule has 0 bridgehead atoms. The van der Waals surface area contributed by atoms with E-state index in [0.29, 0.717) is 35.7 Å². The molecule has 2 saturated heterocycles. The summed E-state index contributed by atoms with van der Waals surface area (Å²) in [5.41, 5.74) is 1.12. The molecule has 150 valence electrons. The van der Waals surface area contributed by atoms with E-state index in [9.17, 15) is 18.8 Å². The van der Waals surface area contributed by atoms with Crippen molar-refractivity contribution in [1.82, 2.24) is 15.6 Å². The van der Waals surface area contributed by atoms with E-state index >= 15 is 0 Å². The molecule has 1 aromatic heterocycles. The monoisotopic (exact) mass is 399 g/mol. The molecular weight excluding hydrogens is 381 g/mol. The molecule has 9 nitrogen and oxygen atoms in total. The summed E-state index contributed by atoms with van der Waals surface area (Å²) in [4.78, 5) is 42.3. The van der Waals surface area contributed by atoms with Gasteiger partial charge >= 0.3 is 12.1 Å². The van der Waals surface area contributed by atoms with Gasteiger partial charge in [0.2, 0.25) is 0 Å². The van der Waals surface area contributed by atoms with Gasteiger partial charge in [-0.05, 0) is 30.3 Å². The van der Waals surface area contributed by atoms with Crippen LogP contribution in [0, 0.1) is 5.82 Å². The molecule has 2 fully saturated rings. The molecular formula is C19H18FN5O4. The number of urea groups is 1. The predicted molar refractivity (Wildman–Crippen MR) is 102 cm³/mol. The molecule has 29 heavy (non-hydrogen) atoms. The van der Waals surface area contributed by atoms with Gasteiger partial charge in [-0.1, -0.05) is 0 Å². The van der Waals surface area contributed by atoms with Gasteiger partial charge < -0.3 is 15.4 Å². The third kappa shape index (κ3) is 3.44. The fraction of sp³-hybridized carbons (Fsp3) is 0.263. The molecule has 0 radical (unpaired) electrons. The van der Waals surface area contributed by atoms with Crippen molar-refractivity contribution < 1.29 is 23.5 Å². The van der Waals surface area contributed by atoms with Crippen LogP contribution < -0.4 is 20.4 Å². The Labute approximate surface area is 165 Å². The maximum atomic E-state index is 14.7. The summed E-state index contributed by atoms with van der Waals surface area (Å²) in [5, 5.41) is 5.11. The number of amides is 4. The number of nitrogens with zero attached hydrogens (tertiary/aromatic N) is 3. The standard InChI is InChI=1S/C19H18FN5O4/c1-21-17(26)15-10-25(19(28)29-15)12-3-4-13(14(20)8-12)11-2-5-16(23-9-11)24-7-6-22-18(24)27/h2-5,8-9,15H,6-7,10H2,1H3,(H,21,26)(H,22,27)/t15-/m1/s1. The van der Waals surface area contributed by atoms with Gasteiger partial charge in [-0.3, -0.25) is 14.6 Å². The van der Waals surface area contributed by atoms with E-state index in [-0.39, 0.29) is 12.6 Å². The van der Waals surface area contributed by atoms with Crippen LogP contribution in [0.25, 0.3) is 11.1 Å². The highest BCUT2D eigenvalue weighted by molar-refractivity contribution is 5.96. The minimum atomic E-state index is -0.935. The van der Waals surface area contributed by atoms with Crippen molar-refractivity contribution in [3.8, 4) is 11.1 Å². The summed E-state index contributed by atoms with van der Waals surface area (Å²) in [6.07, 6.45) is -0.152. The maximum Gasteiger partial charge on any atom is 0.415 e. The number of halogens is 1. The number of nitrogens with one attached hydrogen (secondary N) is 2. The Morgan fingerprint density at radius 3 is 2.72 bits per heavy atom.